The molecule has 0 aromatic heterocycles. The standard InChI is InChI=1S/C13H21N3O.C11H17N3O.C10H14N2O2.C9H13N3O/c1-3-7-16(8-4-2)13(17)10-5-6-11(14)12(15)9-10;1-3-14(4-2)11(15)8-5-6-9(12)10(13)7-8;1-6(2)14-10(13)7-3-8(11)5-9(12)4-7;1-12(2)9(13)6-3-4-7(10)8(11)5-6/h5-6,9H,3-4,7-8,14-15H2,1-2H3;5-7H,3-4,12-13H2,1-2H3;3-6H,11-12H2,1-2H3;3-5H,10-11H2,1-2H3. The quantitative estimate of drug-likeness (QED) is 0.0694. The molecule has 0 aliphatic carbocycles. The number of anilines is 8. The van der Waals surface area contributed by atoms with E-state index in [0.29, 0.717) is 80.8 Å². The molecule has 0 saturated carbocycles. The molecule has 0 fully saturated rings. The van der Waals surface area contributed by atoms with Gasteiger partial charge in [0.05, 0.1) is 45.8 Å². The summed E-state index contributed by atoms with van der Waals surface area (Å²) in [4.78, 5) is 52.1. The van der Waals surface area contributed by atoms with E-state index in [1.807, 2.05) is 18.7 Å². The number of hydrogen-bond acceptors (Lipinski definition) is 13. The minimum absolute atomic E-state index is 0.00769. The fourth-order valence-electron chi connectivity index (χ4n) is 5.19. The highest BCUT2D eigenvalue weighted by molar-refractivity contribution is 5.97. The predicted molar refractivity (Wildman–Crippen MR) is 243 cm³/mol. The maximum Gasteiger partial charge on any atom is 0.338 e. The van der Waals surface area contributed by atoms with Gasteiger partial charge < -0.3 is 65.3 Å². The Morgan fingerprint density at radius 2 is 0.847 bits per heavy atom. The van der Waals surface area contributed by atoms with Crippen molar-refractivity contribution in [3.63, 3.8) is 0 Å². The van der Waals surface area contributed by atoms with Crippen LogP contribution in [-0.4, -0.2) is 84.8 Å². The number of nitrogens with two attached hydrogens (primary N) is 8. The molecule has 4 aromatic rings. The number of rotatable bonds is 11. The predicted octanol–water partition coefficient (Wildman–Crippen LogP) is 5.42. The molecule has 322 valence electrons. The maximum atomic E-state index is 12.2. The average Bonchev–Trinajstić information content (AvgIpc) is 3.18. The van der Waals surface area contributed by atoms with Crippen LogP contribution in [0, 0.1) is 0 Å². The van der Waals surface area contributed by atoms with Crippen molar-refractivity contribution in [2.24, 2.45) is 0 Å². The number of carbonyl (C=O) groups excluding carboxylic acids is 4. The van der Waals surface area contributed by atoms with Crippen molar-refractivity contribution >= 4 is 69.2 Å². The first-order chi connectivity index (χ1) is 27.7. The van der Waals surface area contributed by atoms with E-state index in [1.165, 1.54) is 4.90 Å². The number of benzene rings is 4. The van der Waals surface area contributed by atoms with Crippen LogP contribution >= 0.6 is 0 Å². The van der Waals surface area contributed by atoms with Crippen LogP contribution in [0.25, 0.3) is 0 Å². The molecule has 0 heterocycles. The van der Waals surface area contributed by atoms with Crippen molar-refractivity contribution in [3.8, 4) is 0 Å². The summed E-state index contributed by atoms with van der Waals surface area (Å²) in [5, 5.41) is 0. The summed E-state index contributed by atoms with van der Waals surface area (Å²) in [5.74, 6) is -0.460. The van der Waals surface area contributed by atoms with Crippen molar-refractivity contribution in [3.05, 3.63) is 95.1 Å². The monoisotopic (exact) mass is 816 g/mol. The molecule has 4 rings (SSSR count). The summed E-state index contributed by atoms with van der Waals surface area (Å²) in [7, 11) is 3.38. The lowest BCUT2D eigenvalue weighted by atomic mass is 10.1. The molecule has 0 bridgehead atoms. The lowest BCUT2D eigenvalue weighted by molar-refractivity contribution is 0.0377. The number of ether oxygens (including phenoxy) is 1. The van der Waals surface area contributed by atoms with E-state index in [0.717, 1.165) is 25.9 Å². The molecule has 16 N–H and O–H groups in total. The third-order valence-electron chi connectivity index (χ3n) is 8.29. The van der Waals surface area contributed by atoms with Crippen LogP contribution in [0.15, 0.2) is 72.8 Å². The van der Waals surface area contributed by atoms with Gasteiger partial charge >= 0.3 is 5.97 Å². The molecule has 0 radical (unpaired) electrons. The van der Waals surface area contributed by atoms with E-state index in [1.54, 1.807) is 106 Å². The van der Waals surface area contributed by atoms with Gasteiger partial charge in [0.2, 0.25) is 0 Å². The first kappa shape index (κ1) is 50.2. The summed E-state index contributed by atoms with van der Waals surface area (Å²) in [6.07, 6.45) is 1.76. The Hall–Kier alpha value is -6.84. The van der Waals surface area contributed by atoms with Gasteiger partial charge in [0.25, 0.3) is 17.7 Å². The van der Waals surface area contributed by atoms with E-state index < -0.39 is 5.97 Å². The summed E-state index contributed by atoms with van der Waals surface area (Å²) in [6, 6.07) is 19.6. The molecular formula is C43H65N11O5. The molecule has 0 aliphatic rings. The Morgan fingerprint density at radius 3 is 1.15 bits per heavy atom. The van der Waals surface area contributed by atoms with Crippen molar-refractivity contribution < 1.29 is 23.9 Å². The third kappa shape index (κ3) is 16.7. The highest BCUT2D eigenvalue weighted by Crippen LogP contribution is 2.20. The Kier molecular flexibility index (Phi) is 21.0. The van der Waals surface area contributed by atoms with E-state index in [2.05, 4.69) is 13.8 Å². The van der Waals surface area contributed by atoms with E-state index >= 15 is 0 Å². The van der Waals surface area contributed by atoms with E-state index in [9.17, 15) is 19.2 Å². The van der Waals surface area contributed by atoms with Gasteiger partial charge in [0.15, 0.2) is 0 Å². The molecule has 3 amide bonds. The van der Waals surface area contributed by atoms with Gasteiger partial charge in [-0.25, -0.2) is 4.79 Å². The Balaban J connectivity index is 0.000000395. The number of amides is 3. The van der Waals surface area contributed by atoms with E-state index in [4.69, 9.17) is 50.6 Å². The van der Waals surface area contributed by atoms with Crippen molar-refractivity contribution in [1.29, 1.82) is 0 Å². The maximum absolute atomic E-state index is 12.2. The smallest absolute Gasteiger partial charge is 0.338 e. The van der Waals surface area contributed by atoms with Crippen LogP contribution in [-0.2, 0) is 4.74 Å². The van der Waals surface area contributed by atoms with E-state index in [-0.39, 0.29) is 23.8 Å². The minimum Gasteiger partial charge on any atom is -0.459 e. The molecule has 16 nitrogen and oxygen atoms in total. The fourth-order valence-corrected chi connectivity index (χ4v) is 5.19. The summed E-state index contributed by atoms with van der Waals surface area (Å²) in [6.45, 7) is 14.5. The average molecular weight is 816 g/mol. The van der Waals surface area contributed by atoms with Crippen LogP contribution < -0.4 is 45.9 Å². The van der Waals surface area contributed by atoms with Crippen LogP contribution in [0.1, 0.15) is 95.8 Å². The van der Waals surface area contributed by atoms with Gasteiger partial charge in [0.1, 0.15) is 0 Å². The number of carbonyl (C=O) groups is 4. The Morgan fingerprint density at radius 1 is 0.492 bits per heavy atom. The lowest BCUT2D eigenvalue weighted by Gasteiger charge is -2.21. The first-order valence-electron chi connectivity index (χ1n) is 19.3. The molecule has 0 unspecified atom stereocenters. The second-order valence-corrected chi connectivity index (χ2v) is 13.8. The second-order valence-electron chi connectivity index (χ2n) is 13.8. The topological polar surface area (TPSA) is 295 Å². The van der Waals surface area contributed by atoms with Gasteiger partial charge in [0, 0.05) is 68.3 Å². The van der Waals surface area contributed by atoms with Crippen LogP contribution in [0.5, 0.6) is 0 Å². The van der Waals surface area contributed by atoms with Gasteiger partial charge in [-0.1, -0.05) is 13.8 Å². The largest absolute Gasteiger partial charge is 0.459 e. The molecule has 0 spiro atoms. The number of nitrogens with zero attached hydrogens (tertiary/aromatic N) is 3. The number of hydrogen-bond donors (Lipinski definition) is 8. The highest BCUT2D eigenvalue weighted by atomic mass is 16.5. The van der Waals surface area contributed by atoms with Crippen LogP contribution in [0.3, 0.4) is 0 Å². The SMILES string of the molecule is CC(C)OC(=O)c1cc(N)cc(N)c1.CCCN(CCC)C(=O)c1ccc(N)c(N)c1.CCN(CC)C(=O)c1ccc(N)c(N)c1.CN(C)C(=O)c1ccc(N)c(N)c1. The van der Waals surface area contributed by atoms with Crippen LogP contribution in [0.2, 0.25) is 0 Å². The Bertz CT molecular complexity index is 1970. The van der Waals surface area contributed by atoms with Crippen LogP contribution in [0.4, 0.5) is 45.5 Å². The van der Waals surface area contributed by atoms with Gasteiger partial charge in [-0.05, 0) is 113 Å². The summed E-state index contributed by atoms with van der Waals surface area (Å²) >= 11 is 0. The summed E-state index contributed by atoms with van der Waals surface area (Å²) in [5.41, 5.74) is 50.6. The minimum atomic E-state index is -0.404. The lowest BCUT2D eigenvalue weighted by Crippen LogP contribution is -2.32. The second kappa shape index (κ2) is 24.7. The molecule has 4 aromatic carbocycles. The molecule has 59 heavy (non-hydrogen) atoms. The first-order valence-corrected chi connectivity index (χ1v) is 19.3. The Labute approximate surface area is 348 Å². The fraction of sp³-hybridized carbons (Fsp3) is 0.349. The zero-order valence-electron chi connectivity index (χ0n) is 35.7. The van der Waals surface area contributed by atoms with Gasteiger partial charge in [-0.2, -0.15) is 0 Å². The number of esters is 1. The summed E-state index contributed by atoms with van der Waals surface area (Å²) < 4.78 is 5.00. The number of nitrogen functional groups attached to an aromatic ring is 8. The highest BCUT2D eigenvalue weighted by Gasteiger charge is 2.16. The molecule has 16 heteroatoms. The van der Waals surface area contributed by atoms with Crippen molar-refractivity contribution in [1.82, 2.24) is 14.7 Å². The zero-order chi connectivity index (χ0) is 45.0. The van der Waals surface area contributed by atoms with Gasteiger partial charge in [-0.15, -0.1) is 0 Å². The molecule has 0 atom stereocenters. The third-order valence-corrected chi connectivity index (χ3v) is 8.29. The normalized spacial score (nSPS) is 10.1. The van der Waals surface area contributed by atoms with Crippen molar-refractivity contribution in [2.45, 2.75) is 60.5 Å². The van der Waals surface area contributed by atoms with Gasteiger partial charge in [-0.3, -0.25) is 14.4 Å². The zero-order valence-corrected chi connectivity index (χ0v) is 35.7. The molecule has 0 aliphatic heterocycles. The molecular weight excluding hydrogens is 751 g/mol. The van der Waals surface area contributed by atoms with Crippen molar-refractivity contribution in [2.75, 3.05) is 86.1 Å². The molecule has 0 saturated heterocycles.